The molecule has 24 rings (SSSR count). The summed E-state index contributed by atoms with van der Waals surface area (Å²) in [6.45, 7) is 0. The Morgan fingerprint density at radius 3 is 1.39 bits per heavy atom. The summed E-state index contributed by atoms with van der Waals surface area (Å²) in [6, 6.07) is 118. The summed E-state index contributed by atoms with van der Waals surface area (Å²) < 4.78 is 19.7. The first kappa shape index (κ1) is 68.2. The molecule has 15 aromatic carbocycles. The lowest BCUT2D eigenvalue weighted by atomic mass is 9.90. The number of thiophene rings is 3. The van der Waals surface area contributed by atoms with E-state index in [-0.39, 0.29) is 0 Å². The zero-order valence-corrected chi connectivity index (χ0v) is 66.0. The molecule has 0 fully saturated rings. The molecule has 0 spiro atoms. The van der Waals surface area contributed by atoms with E-state index in [0.29, 0.717) is 52.6 Å². The van der Waals surface area contributed by atoms with Crippen LogP contribution in [0.2, 0.25) is 0 Å². The Hall–Kier alpha value is -14.3. The Morgan fingerprint density at radius 2 is 0.712 bits per heavy atom. The Bertz CT molecular complexity index is 7920. The minimum absolute atomic E-state index is 0.327. The molecule has 14 heteroatoms. The number of nitrogens with zero attached hydrogens (tertiary/aromatic N) is 8. The van der Waals surface area contributed by atoms with Crippen LogP contribution in [0.25, 0.3) is 224 Å². The van der Waals surface area contributed by atoms with Crippen molar-refractivity contribution in [3.63, 3.8) is 0 Å². The largest absolute Gasteiger partial charge is 0.436 e. The molecule has 0 radical (unpaired) electrons. The summed E-state index contributed by atoms with van der Waals surface area (Å²) in [4.78, 5) is 44.6. The number of hydrogen-bond acceptors (Lipinski definition) is 14. The lowest BCUT2D eigenvalue weighted by Crippen LogP contribution is -2.05. The van der Waals surface area contributed by atoms with Crippen LogP contribution in [0.1, 0.15) is 23.7 Å². The summed E-state index contributed by atoms with van der Waals surface area (Å²) in [5.41, 5.74) is 22.7. The molecule has 2 aliphatic rings. The molecule has 0 saturated heterocycles. The van der Waals surface area contributed by atoms with Crippen molar-refractivity contribution in [3.05, 3.63) is 362 Å². The van der Waals surface area contributed by atoms with Crippen LogP contribution >= 0.6 is 45.8 Å². The summed E-state index contributed by atoms with van der Waals surface area (Å²) >= 11 is 7.27. The van der Waals surface area contributed by atoms with Gasteiger partial charge in [0.05, 0.1) is 0 Å². The molecule has 118 heavy (non-hydrogen) atoms. The summed E-state index contributed by atoms with van der Waals surface area (Å²) in [6.07, 6.45) is 5.47. The third kappa shape index (κ3) is 12.0. The van der Waals surface area contributed by atoms with Gasteiger partial charge in [0.15, 0.2) is 46.1 Å². The number of fused-ring (bicyclic) bond motifs is 14. The second kappa shape index (κ2) is 27.8. The molecular formula is C104H60N8O2S4. The average Bonchev–Trinajstić information content (AvgIpc) is 1.51. The molecule has 0 N–H and O–H groups in total. The Morgan fingerprint density at radius 1 is 0.263 bits per heavy atom. The first-order valence-corrected chi connectivity index (χ1v) is 42.5. The number of allylic oxidation sites excluding steroid dienone is 4. The van der Waals surface area contributed by atoms with E-state index in [4.69, 9.17) is 48.7 Å². The number of rotatable bonds is 13. The van der Waals surface area contributed by atoms with Gasteiger partial charge in [0, 0.05) is 121 Å². The SMILES string of the molecule is C1=C(c2nc(-c3ccccc3)nc(-c3cccc(-c4cc(-c5cccc(-c6nc(-c7ccc(-c8cccc9c8sc8ccc(-c%10cccc(-c%11nc%12ccccc%12o%11)c%10)cc89)cc7)nc(-c7ccc8c(c7)sc7ccccc78)n6)c5)cc5c4sc4ccc(-c6cccc(-c7nc8ccccc8o7)c6)cc45)c3)n2)C=C2Sc3ccccc3C2C1. The predicted octanol–water partition coefficient (Wildman–Crippen LogP) is 29.0. The van der Waals surface area contributed by atoms with Crippen molar-refractivity contribution >= 4 is 134 Å². The van der Waals surface area contributed by atoms with E-state index < -0.39 is 0 Å². The van der Waals surface area contributed by atoms with Gasteiger partial charge in [-0.3, -0.25) is 0 Å². The highest BCUT2D eigenvalue weighted by molar-refractivity contribution is 8.03. The summed E-state index contributed by atoms with van der Waals surface area (Å²) in [5, 5.41) is 7.15. The maximum Gasteiger partial charge on any atom is 0.227 e. The van der Waals surface area contributed by atoms with Crippen molar-refractivity contribution in [2.75, 3.05) is 0 Å². The number of para-hydroxylation sites is 4. The van der Waals surface area contributed by atoms with Gasteiger partial charge in [-0.15, -0.1) is 34.0 Å². The van der Waals surface area contributed by atoms with Crippen molar-refractivity contribution in [3.8, 4) is 135 Å². The molecule has 8 heterocycles. The zero-order chi connectivity index (χ0) is 77.5. The van der Waals surface area contributed by atoms with Crippen LogP contribution in [0.4, 0.5) is 0 Å². The zero-order valence-electron chi connectivity index (χ0n) is 62.7. The molecule has 1 aliphatic heterocycles. The van der Waals surface area contributed by atoms with Crippen LogP contribution in [0.3, 0.4) is 0 Å². The minimum Gasteiger partial charge on any atom is -0.436 e. The third-order valence-corrected chi connectivity index (χ3v) is 27.6. The van der Waals surface area contributed by atoms with Gasteiger partial charge in [-0.1, -0.05) is 236 Å². The topological polar surface area (TPSA) is 129 Å². The third-order valence-electron chi connectivity index (χ3n) is 22.8. The van der Waals surface area contributed by atoms with E-state index in [2.05, 4.69) is 279 Å². The molecule has 552 valence electrons. The highest BCUT2D eigenvalue weighted by Crippen LogP contribution is 2.54. The van der Waals surface area contributed by atoms with Crippen molar-refractivity contribution in [2.24, 2.45) is 0 Å². The molecule has 10 nitrogen and oxygen atoms in total. The molecule has 7 aromatic heterocycles. The minimum atomic E-state index is 0.327. The molecule has 0 bridgehead atoms. The smallest absolute Gasteiger partial charge is 0.227 e. The number of oxazole rings is 2. The first-order chi connectivity index (χ1) is 58.3. The van der Waals surface area contributed by atoms with E-state index in [0.717, 1.165) is 144 Å². The average molecular weight is 1580 g/mol. The van der Waals surface area contributed by atoms with E-state index in [9.17, 15) is 0 Å². The summed E-state index contributed by atoms with van der Waals surface area (Å²) in [7, 11) is 0. The van der Waals surface area contributed by atoms with E-state index in [1.807, 2.05) is 101 Å². The Labute approximate surface area is 692 Å². The number of benzene rings is 15. The quantitative estimate of drug-likeness (QED) is 0.109. The van der Waals surface area contributed by atoms with Gasteiger partial charge in [-0.05, 0) is 188 Å². The lowest BCUT2D eigenvalue weighted by Gasteiger charge is -2.17. The van der Waals surface area contributed by atoms with Crippen LogP contribution in [0.15, 0.2) is 364 Å². The van der Waals surface area contributed by atoms with Gasteiger partial charge in [-0.25, -0.2) is 39.9 Å². The van der Waals surface area contributed by atoms with Gasteiger partial charge >= 0.3 is 0 Å². The molecule has 1 unspecified atom stereocenters. The fourth-order valence-corrected chi connectivity index (χ4v) is 21.8. The maximum atomic E-state index is 6.33. The van der Waals surface area contributed by atoms with Crippen LogP contribution in [0, 0.1) is 0 Å². The van der Waals surface area contributed by atoms with Gasteiger partial charge in [0.2, 0.25) is 11.8 Å². The maximum absolute atomic E-state index is 6.33. The first-order valence-electron chi connectivity index (χ1n) is 39.2. The molecule has 0 saturated carbocycles. The van der Waals surface area contributed by atoms with Crippen LogP contribution in [-0.2, 0) is 0 Å². The monoisotopic (exact) mass is 1580 g/mol. The normalized spacial score (nSPS) is 13.4. The lowest BCUT2D eigenvalue weighted by molar-refractivity contribution is 0.619. The van der Waals surface area contributed by atoms with Crippen molar-refractivity contribution in [1.82, 2.24) is 39.9 Å². The fourth-order valence-electron chi connectivity index (χ4n) is 16.9. The highest BCUT2D eigenvalue weighted by atomic mass is 32.2. The molecule has 1 atom stereocenters. The molecule has 1 aliphatic carbocycles. The van der Waals surface area contributed by atoms with Crippen LogP contribution in [0.5, 0.6) is 0 Å². The van der Waals surface area contributed by atoms with Crippen LogP contribution < -0.4 is 0 Å². The number of thioether (sulfide) groups is 1. The van der Waals surface area contributed by atoms with Gasteiger partial charge in [-0.2, -0.15) is 0 Å². The van der Waals surface area contributed by atoms with Crippen molar-refractivity contribution < 1.29 is 8.83 Å². The van der Waals surface area contributed by atoms with Gasteiger partial charge in [0.25, 0.3) is 0 Å². The van der Waals surface area contributed by atoms with E-state index in [1.165, 1.54) is 60.4 Å². The number of aromatic nitrogens is 8. The molecule has 22 aromatic rings. The van der Waals surface area contributed by atoms with Crippen LogP contribution in [-0.4, -0.2) is 39.9 Å². The fraction of sp³-hybridized carbons (Fsp3) is 0.0192. The standard InChI is InChI=1S/C104H60N8O2S4/c1-2-17-60(18-3-1)97-107-100(112-101(108-97)70-41-45-78-76-27-4-10-35-89(76)115-93(78)57-70)69-24-15-22-67(52-69)81-55-74(56-84-83-54-66(44-48-92(83)118-96(81)84)63-20-14-26-73(51-63)104-106-86-32-7-9-34-88(86)114-104)64-21-12-23-68(49-64)99-109-98(110-102(111-99)71-42-46-79-77-28-5-11-36-90(77)116-94(79)58-71)61-39-37-59(38-40-61)75-29-16-30-80-82-53-65(43-47-91(82)117-95(75)80)62-19-13-25-72(50-62)103-105-85-31-6-8-33-87(85)113-103/h1-44,46-58,78H,45H2. The van der Waals surface area contributed by atoms with Crippen molar-refractivity contribution in [1.29, 1.82) is 0 Å². The Kier molecular flexibility index (Phi) is 16.0. The Balaban J connectivity index is 0.623. The predicted molar refractivity (Wildman–Crippen MR) is 488 cm³/mol. The molecular weight excluding hydrogens is 1520 g/mol. The number of hydrogen-bond donors (Lipinski definition) is 0. The van der Waals surface area contributed by atoms with Gasteiger partial charge < -0.3 is 8.83 Å². The van der Waals surface area contributed by atoms with Crippen molar-refractivity contribution in [2.45, 2.75) is 17.2 Å². The van der Waals surface area contributed by atoms with E-state index >= 15 is 0 Å². The second-order valence-corrected chi connectivity index (χ2v) is 34.3. The van der Waals surface area contributed by atoms with E-state index in [1.54, 1.807) is 11.3 Å². The highest BCUT2D eigenvalue weighted by Gasteiger charge is 2.31. The molecule has 0 amide bonds. The second-order valence-electron chi connectivity index (χ2n) is 30.0. The van der Waals surface area contributed by atoms with Gasteiger partial charge in [0.1, 0.15) is 11.0 Å². The summed E-state index contributed by atoms with van der Waals surface area (Å²) in [5.74, 6) is 5.12.